The SMILES string of the molecule is Fc1ccc(CNC2CCCCCC2Cl)c(F)c1. The molecule has 1 aliphatic carbocycles. The van der Waals surface area contributed by atoms with Crippen LogP contribution in [-0.2, 0) is 6.54 Å². The Morgan fingerprint density at radius 3 is 2.72 bits per heavy atom. The van der Waals surface area contributed by atoms with Crippen molar-refractivity contribution in [2.24, 2.45) is 0 Å². The molecule has 1 aromatic rings. The van der Waals surface area contributed by atoms with E-state index in [0.717, 1.165) is 31.7 Å². The monoisotopic (exact) mass is 273 g/mol. The molecule has 0 heterocycles. The number of benzene rings is 1. The summed E-state index contributed by atoms with van der Waals surface area (Å²) in [5, 5.41) is 3.40. The van der Waals surface area contributed by atoms with Crippen LogP contribution in [0.4, 0.5) is 8.78 Å². The zero-order valence-corrected chi connectivity index (χ0v) is 11.0. The van der Waals surface area contributed by atoms with Gasteiger partial charge in [0.05, 0.1) is 0 Å². The summed E-state index contributed by atoms with van der Waals surface area (Å²) in [5.74, 6) is -1.04. The molecule has 100 valence electrons. The molecule has 2 unspecified atom stereocenters. The average molecular weight is 274 g/mol. The topological polar surface area (TPSA) is 12.0 Å². The first kappa shape index (κ1) is 13.8. The minimum absolute atomic E-state index is 0.107. The maximum Gasteiger partial charge on any atom is 0.130 e. The molecule has 18 heavy (non-hydrogen) atoms. The summed E-state index contributed by atoms with van der Waals surface area (Å²) in [6, 6.07) is 3.91. The highest BCUT2D eigenvalue weighted by atomic mass is 35.5. The van der Waals surface area contributed by atoms with Crippen LogP contribution in [-0.4, -0.2) is 11.4 Å². The molecule has 1 aliphatic rings. The largest absolute Gasteiger partial charge is 0.308 e. The molecular weight excluding hydrogens is 256 g/mol. The van der Waals surface area contributed by atoms with Crippen LogP contribution in [0.1, 0.15) is 37.7 Å². The Bertz CT molecular complexity index is 397. The number of rotatable bonds is 3. The second-order valence-electron chi connectivity index (χ2n) is 4.88. The Hall–Kier alpha value is -0.670. The van der Waals surface area contributed by atoms with E-state index in [-0.39, 0.29) is 11.4 Å². The quantitative estimate of drug-likeness (QED) is 0.648. The molecule has 0 aromatic heterocycles. The van der Waals surface area contributed by atoms with E-state index in [2.05, 4.69) is 5.32 Å². The second kappa shape index (κ2) is 6.48. The van der Waals surface area contributed by atoms with Crippen molar-refractivity contribution in [3.63, 3.8) is 0 Å². The normalized spacial score (nSPS) is 24.8. The highest BCUT2D eigenvalue weighted by Crippen LogP contribution is 2.22. The van der Waals surface area contributed by atoms with E-state index in [9.17, 15) is 8.78 Å². The first-order valence-corrected chi connectivity index (χ1v) is 6.92. The summed E-state index contributed by atoms with van der Waals surface area (Å²) < 4.78 is 26.2. The third-order valence-electron chi connectivity index (χ3n) is 3.50. The van der Waals surface area contributed by atoms with E-state index in [1.54, 1.807) is 0 Å². The third-order valence-corrected chi connectivity index (χ3v) is 4.02. The lowest BCUT2D eigenvalue weighted by Gasteiger charge is -2.21. The van der Waals surface area contributed by atoms with Crippen LogP contribution < -0.4 is 5.32 Å². The minimum atomic E-state index is -0.541. The van der Waals surface area contributed by atoms with E-state index in [1.807, 2.05) is 0 Å². The maximum atomic E-state index is 13.5. The van der Waals surface area contributed by atoms with Crippen molar-refractivity contribution in [1.82, 2.24) is 5.32 Å². The smallest absolute Gasteiger partial charge is 0.130 e. The lowest BCUT2D eigenvalue weighted by atomic mass is 10.1. The molecule has 4 heteroatoms. The van der Waals surface area contributed by atoms with Crippen LogP contribution in [0.3, 0.4) is 0 Å². The van der Waals surface area contributed by atoms with Gasteiger partial charge in [0.1, 0.15) is 11.6 Å². The Morgan fingerprint density at radius 1 is 1.17 bits per heavy atom. The zero-order chi connectivity index (χ0) is 13.0. The van der Waals surface area contributed by atoms with Gasteiger partial charge >= 0.3 is 0 Å². The Balaban J connectivity index is 1.93. The van der Waals surface area contributed by atoms with E-state index < -0.39 is 11.6 Å². The van der Waals surface area contributed by atoms with E-state index >= 15 is 0 Å². The van der Waals surface area contributed by atoms with Gasteiger partial charge in [-0.05, 0) is 18.9 Å². The van der Waals surface area contributed by atoms with Gasteiger partial charge in [0, 0.05) is 29.6 Å². The van der Waals surface area contributed by atoms with Gasteiger partial charge in [-0.1, -0.05) is 25.3 Å². The van der Waals surface area contributed by atoms with E-state index in [1.165, 1.54) is 18.6 Å². The Labute approximate surface area is 112 Å². The van der Waals surface area contributed by atoms with Crippen LogP contribution in [0.2, 0.25) is 0 Å². The molecule has 1 saturated carbocycles. The number of hydrogen-bond donors (Lipinski definition) is 1. The Kier molecular flexibility index (Phi) is 4.95. The molecule has 0 aliphatic heterocycles. The standard InChI is InChI=1S/C14H18ClF2N/c15-12-4-2-1-3-5-14(12)18-9-10-6-7-11(16)8-13(10)17/h6-8,12,14,18H,1-5,9H2. The molecule has 2 atom stereocenters. The first-order valence-electron chi connectivity index (χ1n) is 6.48. The summed E-state index contributed by atoms with van der Waals surface area (Å²) in [4.78, 5) is 0. The Morgan fingerprint density at radius 2 is 1.94 bits per heavy atom. The fraction of sp³-hybridized carbons (Fsp3) is 0.571. The number of halogens is 3. The van der Waals surface area contributed by atoms with Crippen molar-refractivity contribution in [3.8, 4) is 0 Å². The molecular formula is C14H18ClF2N. The first-order chi connectivity index (χ1) is 8.66. The summed E-state index contributed by atoms with van der Waals surface area (Å²) in [6.45, 7) is 0.403. The third kappa shape index (κ3) is 3.66. The van der Waals surface area contributed by atoms with Gasteiger partial charge in [-0.2, -0.15) is 0 Å². The van der Waals surface area contributed by atoms with Gasteiger partial charge in [0.25, 0.3) is 0 Å². The van der Waals surface area contributed by atoms with Crippen molar-refractivity contribution < 1.29 is 8.78 Å². The molecule has 0 amide bonds. The summed E-state index contributed by atoms with van der Waals surface area (Å²) in [5.41, 5.74) is 0.490. The fourth-order valence-corrected chi connectivity index (χ4v) is 2.77. The number of hydrogen-bond acceptors (Lipinski definition) is 1. The van der Waals surface area contributed by atoms with E-state index in [0.29, 0.717) is 12.1 Å². The molecule has 1 fully saturated rings. The van der Waals surface area contributed by atoms with Gasteiger partial charge < -0.3 is 5.32 Å². The zero-order valence-electron chi connectivity index (χ0n) is 10.3. The molecule has 0 bridgehead atoms. The van der Waals surface area contributed by atoms with Gasteiger partial charge in [0.2, 0.25) is 0 Å². The van der Waals surface area contributed by atoms with Crippen LogP contribution in [0, 0.1) is 11.6 Å². The van der Waals surface area contributed by atoms with Crippen molar-refractivity contribution in [1.29, 1.82) is 0 Å². The average Bonchev–Trinajstić information content (AvgIpc) is 2.53. The number of nitrogens with one attached hydrogen (secondary N) is 1. The molecule has 0 spiro atoms. The molecule has 2 rings (SSSR count). The molecule has 1 N–H and O–H groups in total. The molecule has 1 nitrogen and oxygen atoms in total. The number of alkyl halides is 1. The summed E-state index contributed by atoms with van der Waals surface area (Å²) in [6.07, 6.45) is 5.57. The van der Waals surface area contributed by atoms with Crippen molar-refractivity contribution in [2.45, 2.75) is 50.1 Å². The summed E-state index contributed by atoms with van der Waals surface area (Å²) in [7, 11) is 0. The second-order valence-corrected chi connectivity index (χ2v) is 5.44. The highest BCUT2D eigenvalue weighted by Gasteiger charge is 2.21. The van der Waals surface area contributed by atoms with Crippen LogP contribution in [0.5, 0.6) is 0 Å². The van der Waals surface area contributed by atoms with Gasteiger partial charge in [-0.25, -0.2) is 8.78 Å². The van der Waals surface area contributed by atoms with Crippen molar-refractivity contribution >= 4 is 11.6 Å². The molecule has 1 aromatic carbocycles. The lowest BCUT2D eigenvalue weighted by Crippen LogP contribution is -2.36. The molecule has 0 radical (unpaired) electrons. The fourth-order valence-electron chi connectivity index (χ4n) is 2.40. The maximum absolute atomic E-state index is 13.5. The van der Waals surface area contributed by atoms with Gasteiger partial charge in [-0.3, -0.25) is 0 Å². The minimum Gasteiger partial charge on any atom is -0.308 e. The van der Waals surface area contributed by atoms with Crippen molar-refractivity contribution in [2.75, 3.05) is 0 Å². The van der Waals surface area contributed by atoms with Crippen molar-refractivity contribution in [3.05, 3.63) is 35.4 Å². The van der Waals surface area contributed by atoms with Crippen LogP contribution in [0.15, 0.2) is 18.2 Å². The molecule has 0 saturated heterocycles. The van der Waals surface area contributed by atoms with Gasteiger partial charge in [-0.15, -0.1) is 11.6 Å². The van der Waals surface area contributed by atoms with Crippen LogP contribution >= 0.6 is 11.6 Å². The predicted octanol–water partition coefficient (Wildman–Crippen LogP) is 3.99. The lowest BCUT2D eigenvalue weighted by molar-refractivity contribution is 0.456. The van der Waals surface area contributed by atoms with Crippen LogP contribution in [0.25, 0.3) is 0 Å². The van der Waals surface area contributed by atoms with E-state index in [4.69, 9.17) is 11.6 Å². The summed E-state index contributed by atoms with van der Waals surface area (Å²) >= 11 is 6.30. The predicted molar refractivity (Wildman–Crippen MR) is 69.7 cm³/mol. The highest BCUT2D eigenvalue weighted by molar-refractivity contribution is 6.21. The van der Waals surface area contributed by atoms with Gasteiger partial charge in [0.15, 0.2) is 0 Å².